The number of carbonyl (C=O) groups is 2. The van der Waals surface area contributed by atoms with Crippen LogP contribution >= 0.6 is 34.8 Å². The van der Waals surface area contributed by atoms with Crippen molar-refractivity contribution in [1.29, 1.82) is 0 Å². The van der Waals surface area contributed by atoms with Gasteiger partial charge in [0.2, 0.25) is 0 Å². The van der Waals surface area contributed by atoms with Gasteiger partial charge in [0.05, 0.1) is 27.4 Å². The van der Waals surface area contributed by atoms with E-state index in [9.17, 15) is 9.59 Å². The van der Waals surface area contributed by atoms with Gasteiger partial charge in [-0.2, -0.15) is 0 Å². The van der Waals surface area contributed by atoms with E-state index in [0.29, 0.717) is 33.1 Å². The Morgan fingerprint density at radius 1 is 1.21 bits per heavy atom. The Labute approximate surface area is 155 Å². The van der Waals surface area contributed by atoms with Gasteiger partial charge in [-0.3, -0.25) is 0 Å². The molecule has 0 amide bonds. The van der Waals surface area contributed by atoms with Crippen molar-refractivity contribution in [2.75, 3.05) is 11.9 Å². The molecule has 0 bridgehead atoms. The molecule has 1 saturated carbocycles. The van der Waals surface area contributed by atoms with Crippen molar-refractivity contribution in [3.8, 4) is 0 Å². The van der Waals surface area contributed by atoms with Crippen LogP contribution in [-0.4, -0.2) is 24.8 Å². The zero-order valence-corrected chi connectivity index (χ0v) is 15.4. The topological polar surface area (TPSA) is 64.6 Å². The maximum absolute atomic E-state index is 12.3. The van der Waals surface area contributed by atoms with Crippen LogP contribution in [0.5, 0.6) is 0 Å². The third-order valence-corrected chi connectivity index (χ3v) is 4.90. The second-order valence-electron chi connectivity index (χ2n) is 5.58. The largest absolute Gasteiger partial charge is 0.516 e. The zero-order chi connectivity index (χ0) is 17.7. The van der Waals surface area contributed by atoms with E-state index in [0.717, 1.165) is 19.3 Å². The fraction of sp³-hybridized carbons (Fsp3) is 0.500. The molecule has 0 spiro atoms. The number of rotatable bonds is 6. The molecule has 1 aromatic rings. The quantitative estimate of drug-likeness (QED) is 0.402. The Morgan fingerprint density at radius 2 is 1.88 bits per heavy atom. The van der Waals surface area contributed by atoms with Crippen LogP contribution in [0.3, 0.4) is 0 Å². The molecular weight excluding hydrogens is 377 g/mol. The highest BCUT2D eigenvalue weighted by Crippen LogP contribution is 2.35. The van der Waals surface area contributed by atoms with Crippen LogP contribution in [-0.2, 0) is 14.3 Å². The Morgan fingerprint density at radius 3 is 2.46 bits per heavy atom. The van der Waals surface area contributed by atoms with Gasteiger partial charge in [0.15, 0.2) is 0 Å². The molecule has 0 aliphatic heterocycles. The summed E-state index contributed by atoms with van der Waals surface area (Å²) >= 11 is 18.0. The lowest BCUT2D eigenvalue weighted by Crippen LogP contribution is -2.36. The molecule has 1 aliphatic carbocycles. The summed E-state index contributed by atoms with van der Waals surface area (Å²) in [5.74, 6) is -0.304. The smallest absolute Gasteiger partial charge is 0.434 e. The van der Waals surface area contributed by atoms with Crippen molar-refractivity contribution in [3.63, 3.8) is 0 Å². The molecule has 2 rings (SSSR count). The average molecular weight is 395 g/mol. The maximum atomic E-state index is 12.3. The number of benzene rings is 1. The van der Waals surface area contributed by atoms with Crippen molar-refractivity contribution in [2.45, 2.75) is 38.6 Å². The minimum Gasteiger partial charge on any atom is -0.434 e. The number of nitrogens with one attached hydrogen (secondary N) is 1. The first-order valence-electron chi connectivity index (χ1n) is 7.70. The van der Waals surface area contributed by atoms with Gasteiger partial charge in [0.25, 0.3) is 0 Å². The molecule has 5 nitrogen and oxygen atoms in total. The minimum absolute atomic E-state index is 0.130. The standard InChI is InChI=1S/C16H18Cl3NO4/c1-2-23-16(22)24-15(21)14(6-9-4-3-5-9)20-13-8-11(18)10(17)7-12(13)19/h7-9,14,20H,2-6H2,1H3/t14-/m1/s1. The molecule has 0 heterocycles. The molecule has 1 aliphatic rings. The zero-order valence-electron chi connectivity index (χ0n) is 13.1. The van der Waals surface area contributed by atoms with Crippen LogP contribution in [0.1, 0.15) is 32.6 Å². The highest BCUT2D eigenvalue weighted by atomic mass is 35.5. The summed E-state index contributed by atoms with van der Waals surface area (Å²) in [6.45, 7) is 1.76. The molecule has 1 fully saturated rings. The second kappa shape index (κ2) is 8.79. The number of anilines is 1. The normalized spacial score (nSPS) is 15.3. The van der Waals surface area contributed by atoms with Crippen molar-refractivity contribution < 1.29 is 19.1 Å². The van der Waals surface area contributed by atoms with Crippen LogP contribution in [0.2, 0.25) is 15.1 Å². The van der Waals surface area contributed by atoms with Gasteiger partial charge in [0, 0.05) is 0 Å². The van der Waals surface area contributed by atoms with E-state index >= 15 is 0 Å². The Bertz CT molecular complexity index is 620. The lowest BCUT2D eigenvalue weighted by Gasteiger charge is -2.29. The van der Waals surface area contributed by atoms with E-state index in [1.54, 1.807) is 6.92 Å². The summed E-state index contributed by atoms with van der Waals surface area (Å²) in [7, 11) is 0. The van der Waals surface area contributed by atoms with Gasteiger partial charge >= 0.3 is 12.1 Å². The molecule has 0 saturated heterocycles. The van der Waals surface area contributed by atoms with E-state index in [1.165, 1.54) is 12.1 Å². The molecule has 132 valence electrons. The molecule has 8 heteroatoms. The Balaban J connectivity index is 2.11. The Hall–Kier alpha value is -1.17. The fourth-order valence-electron chi connectivity index (χ4n) is 2.40. The minimum atomic E-state index is -1.01. The Kier molecular flexibility index (Phi) is 7.02. The van der Waals surface area contributed by atoms with Crippen LogP contribution in [0.25, 0.3) is 0 Å². The highest BCUT2D eigenvalue weighted by Gasteiger charge is 2.30. The summed E-state index contributed by atoms with van der Waals surface area (Å²) in [5, 5.41) is 3.96. The van der Waals surface area contributed by atoms with Gasteiger partial charge in [-0.15, -0.1) is 0 Å². The van der Waals surface area contributed by atoms with Crippen LogP contribution < -0.4 is 5.32 Å². The van der Waals surface area contributed by atoms with Crippen molar-refractivity contribution in [2.24, 2.45) is 5.92 Å². The van der Waals surface area contributed by atoms with E-state index in [-0.39, 0.29) is 6.61 Å². The number of hydrogen-bond acceptors (Lipinski definition) is 5. The van der Waals surface area contributed by atoms with Gasteiger partial charge in [-0.25, -0.2) is 9.59 Å². The third-order valence-electron chi connectivity index (χ3n) is 3.86. The van der Waals surface area contributed by atoms with E-state index in [4.69, 9.17) is 39.5 Å². The molecule has 1 atom stereocenters. The van der Waals surface area contributed by atoms with Crippen molar-refractivity contribution >= 4 is 52.6 Å². The monoisotopic (exact) mass is 393 g/mol. The van der Waals surface area contributed by atoms with Crippen LogP contribution in [0.15, 0.2) is 12.1 Å². The summed E-state index contributed by atoms with van der Waals surface area (Å²) in [4.78, 5) is 23.7. The number of halogens is 3. The van der Waals surface area contributed by atoms with E-state index in [2.05, 4.69) is 10.1 Å². The van der Waals surface area contributed by atoms with Gasteiger partial charge in [-0.1, -0.05) is 54.1 Å². The fourth-order valence-corrected chi connectivity index (χ4v) is 3.00. The summed E-state index contributed by atoms with van der Waals surface area (Å²) in [5.41, 5.74) is 0.455. The third kappa shape index (κ3) is 5.16. The van der Waals surface area contributed by atoms with E-state index in [1.807, 2.05) is 0 Å². The molecule has 0 radical (unpaired) electrons. The SMILES string of the molecule is CCOC(=O)OC(=O)[C@@H](CC1CCC1)Nc1cc(Cl)c(Cl)cc1Cl. The lowest BCUT2D eigenvalue weighted by atomic mass is 9.81. The van der Waals surface area contributed by atoms with E-state index < -0.39 is 18.2 Å². The molecule has 24 heavy (non-hydrogen) atoms. The van der Waals surface area contributed by atoms with Crippen molar-refractivity contribution in [3.05, 3.63) is 27.2 Å². The van der Waals surface area contributed by atoms with Crippen LogP contribution in [0.4, 0.5) is 10.5 Å². The van der Waals surface area contributed by atoms with Crippen molar-refractivity contribution in [1.82, 2.24) is 0 Å². The molecule has 0 aromatic heterocycles. The lowest BCUT2D eigenvalue weighted by molar-refractivity contribution is -0.141. The second-order valence-corrected chi connectivity index (χ2v) is 6.80. The van der Waals surface area contributed by atoms with Crippen LogP contribution in [0, 0.1) is 5.92 Å². The first-order valence-corrected chi connectivity index (χ1v) is 8.83. The molecule has 0 unspecified atom stereocenters. The van der Waals surface area contributed by atoms with Gasteiger partial charge < -0.3 is 14.8 Å². The summed E-state index contributed by atoms with van der Waals surface area (Å²) in [6.07, 6.45) is 2.75. The first kappa shape index (κ1) is 19.2. The number of esters is 1. The number of ether oxygens (including phenoxy) is 2. The molecule has 1 aromatic carbocycles. The summed E-state index contributed by atoms with van der Waals surface area (Å²) < 4.78 is 9.37. The highest BCUT2D eigenvalue weighted by molar-refractivity contribution is 6.44. The number of hydrogen-bond donors (Lipinski definition) is 1. The number of carbonyl (C=O) groups excluding carboxylic acids is 2. The van der Waals surface area contributed by atoms with Gasteiger partial charge in [0.1, 0.15) is 6.04 Å². The average Bonchev–Trinajstić information content (AvgIpc) is 2.46. The molecule has 1 N–H and O–H groups in total. The maximum Gasteiger partial charge on any atom is 0.516 e. The van der Waals surface area contributed by atoms with Gasteiger partial charge in [-0.05, 0) is 31.4 Å². The first-order chi connectivity index (χ1) is 11.4. The summed E-state index contributed by atoms with van der Waals surface area (Å²) in [6, 6.07) is 2.30. The predicted octanol–water partition coefficient (Wildman–Crippen LogP) is 5.32. The predicted molar refractivity (Wildman–Crippen MR) is 94.0 cm³/mol. The molecular formula is C16H18Cl3NO4.